The zero-order chi connectivity index (χ0) is 11.6. The molecule has 7 nitrogen and oxygen atoms in total. The van der Waals surface area contributed by atoms with E-state index in [9.17, 15) is 19.7 Å². The number of rotatable bonds is 3. The molecule has 0 bridgehead atoms. The first-order valence-corrected chi connectivity index (χ1v) is 3.68. The number of benzene rings is 1. The summed E-state index contributed by atoms with van der Waals surface area (Å²) in [5, 5.41) is 27.5. The van der Waals surface area contributed by atoms with E-state index in [1.54, 1.807) is 0 Å². The van der Waals surface area contributed by atoms with Crippen LogP contribution in [-0.2, 0) is 0 Å². The Morgan fingerprint density at radius 3 is 1.69 bits per heavy atom. The van der Waals surface area contributed by atoms with Crippen LogP contribution in [0.1, 0.15) is 28.1 Å². The highest BCUT2D eigenvalue weighted by Crippen LogP contribution is 2.17. The molecule has 1 rings (SSSR count). The van der Waals surface area contributed by atoms with Crippen molar-refractivity contribution in [3.8, 4) is 0 Å². The van der Waals surface area contributed by atoms with Crippen LogP contribution in [-0.4, -0.2) is 27.1 Å². The van der Waals surface area contributed by atoms with E-state index in [1.807, 2.05) is 0 Å². The highest BCUT2D eigenvalue weighted by molar-refractivity contribution is 5.94. The molecule has 2 N–H and O–H groups in total. The molecule has 1 aromatic rings. The predicted molar refractivity (Wildman–Crippen MR) is 53.7 cm³/mol. The van der Waals surface area contributed by atoms with Crippen LogP contribution in [0.5, 0.6) is 0 Å². The van der Waals surface area contributed by atoms with Gasteiger partial charge in [-0.25, -0.2) is 9.59 Å². The van der Waals surface area contributed by atoms with Crippen LogP contribution < -0.4 is 0 Å². The maximum Gasteiger partial charge on any atom is 0.335 e. The van der Waals surface area contributed by atoms with Gasteiger partial charge in [-0.1, -0.05) is 7.43 Å². The fraction of sp³-hybridized carbons (Fsp3) is 0.111. The molecule has 0 saturated heterocycles. The number of carbonyl (C=O) groups is 2. The average Bonchev–Trinajstić information content (AvgIpc) is 2.16. The van der Waals surface area contributed by atoms with Crippen molar-refractivity contribution in [3.63, 3.8) is 0 Å². The number of non-ortho nitro benzene ring substituents is 1. The fourth-order valence-electron chi connectivity index (χ4n) is 0.964. The molecule has 0 saturated carbocycles. The van der Waals surface area contributed by atoms with Crippen molar-refractivity contribution in [2.24, 2.45) is 0 Å². The zero-order valence-electron chi connectivity index (χ0n) is 7.21. The fourth-order valence-corrected chi connectivity index (χ4v) is 0.964. The number of nitro groups is 1. The number of hydrogen-bond acceptors (Lipinski definition) is 4. The summed E-state index contributed by atoms with van der Waals surface area (Å²) in [4.78, 5) is 30.6. The molecule has 0 heterocycles. The lowest BCUT2D eigenvalue weighted by atomic mass is 10.1. The topological polar surface area (TPSA) is 118 Å². The van der Waals surface area contributed by atoms with Gasteiger partial charge in [-0.3, -0.25) is 10.1 Å². The second-order valence-electron chi connectivity index (χ2n) is 2.64. The molecule has 0 spiro atoms. The van der Waals surface area contributed by atoms with Gasteiger partial charge >= 0.3 is 11.9 Å². The molecular formula is C9H9NO6. The van der Waals surface area contributed by atoms with E-state index in [0.717, 1.165) is 18.2 Å². The predicted octanol–water partition coefficient (Wildman–Crippen LogP) is 1.63. The Morgan fingerprint density at radius 2 is 1.44 bits per heavy atom. The SMILES string of the molecule is C.O=C(O)c1cc(C(=O)O)cc([N+](=O)[O-])c1. The van der Waals surface area contributed by atoms with Crippen LogP contribution >= 0.6 is 0 Å². The van der Waals surface area contributed by atoms with Crippen LogP contribution in [0.3, 0.4) is 0 Å². The molecule has 0 radical (unpaired) electrons. The van der Waals surface area contributed by atoms with Gasteiger partial charge in [0.25, 0.3) is 5.69 Å². The molecule has 0 atom stereocenters. The summed E-state index contributed by atoms with van der Waals surface area (Å²) >= 11 is 0. The number of hydrogen-bond donors (Lipinski definition) is 2. The van der Waals surface area contributed by atoms with Crippen molar-refractivity contribution in [1.29, 1.82) is 0 Å². The molecule has 0 aliphatic rings. The third-order valence-electron chi connectivity index (χ3n) is 1.62. The first kappa shape index (κ1) is 13.6. The van der Waals surface area contributed by atoms with Crippen LogP contribution in [0.15, 0.2) is 18.2 Å². The molecule has 0 fully saturated rings. The molecule has 0 aliphatic heterocycles. The van der Waals surface area contributed by atoms with Crippen molar-refractivity contribution in [3.05, 3.63) is 39.4 Å². The highest BCUT2D eigenvalue weighted by atomic mass is 16.6. The van der Waals surface area contributed by atoms with E-state index in [2.05, 4.69) is 0 Å². The normalized spacial score (nSPS) is 9.00. The van der Waals surface area contributed by atoms with E-state index in [1.165, 1.54) is 0 Å². The monoisotopic (exact) mass is 227 g/mol. The highest BCUT2D eigenvalue weighted by Gasteiger charge is 2.16. The Kier molecular flexibility index (Phi) is 4.13. The second kappa shape index (κ2) is 4.87. The number of carboxylic acids is 2. The molecular weight excluding hydrogens is 218 g/mol. The summed E-state index contributed by atoms with van der Waals surface area (Å²) in [7, 11) is 0. The Labute approximate surface area is 90.1 Å². The first-order valence-electron chi connectivity index (χ1n) is 3.68. The Bertz CT molecular complexity index is 374. The van der Waals surface area contributed by atoms with E-state index in [-0.39, 0.29) is 7.43 Å². The van der Waals surface area contributed by atoms with Crippen LogP contribution in [0, 0.1) is 10.1 Å². The van der Waals surface area contributed by atoms with Crippen LogP contribution in [0.4, 0.5) is 5.69 Å². The van der Waals surface area contributed by atoms with Gasteiger partial charge in [0.05, 0.1) is 16.1 Å². The van der Waals surface area contributed by atoms with Crippen molar-refractivity contribution < 1.29 is 24.7 Å². The minimum atomic E-state index is -1.42. The van der Waals surface area contributed by atoms with Crippen LogP contribution in [0.25, 0.3) is 0 Å². The number of nitro benzene ring substituents is 1. The molecule has 7 heteroatoms. The van der Waals surface area contributed by atoms with E-state index >= 15 is 0 Å². The van der Waals surface area contributed by atoms with Gasteiger partial charge in [-0.2, -0.15) is 0 Å². The Morgan fingerprint density at radius 1 is 1.06 bits per heavy atom. The van der Waals surface area contributed by atoms with E-state index < -0.39 is 33.7 Å². The number of carboxylic acid groups (broad SMARTS) is 2. The third kappa shape index (κ3) is 2.77. The minimum Gasteiger partial charge on any atom is -0.478 e. The van der Waals surface area contributed by atoms with E-state index in [4.69, 9.17) is 10.2 Å². The van der Waals surface area contributed by atoms with Crippen molar-refractivity contribution >= 4 is 17.6 Å². The molecule has 1 aromatic carbocycles. The molecule has 0 aliphatic carbocycles. The molecule has 0 unspecified atom stereocenters. The smallest absolute Gasteiger partial charge is 0.335 e. The number of nitrogens with zero attached hydrogens (tertiary/aromatic N) is 1. The summed E-state index contributed by atoms with van der Waals surface area (Å²) in [6, 6.07) is 2.46. The molecule has 86 valence electrons. The van der Waals surface area contributed by atoms with Gasteiger partial charge in [0, 0.05) is 12.1 Å². The van der Waals surface area contributed by atoms with Gasteiger partial charge in [0.2, 0.25) is 0 Å². The Balaban J connectivity index is 0.00000225. The summed E-state index contributed by atoms with van der Waals surface area (Å²) in [5.74, 6) is -2.83. The van der Waals surface area contributed by atoms with E-state index in [0.29, 0.717) is 0 Å². The Hall–Kier alpha value is -2.44. The minimum absolute atomic E-state index is 0. The molecule has 0 aromatic heterocycles. The quantitative estimate of drug-likeness (QED) is 0.598. The largest absolute Gasteiger partial charge is 0.478 e. The lowest BCUT2D eigenvalue weighted by Crippen LogP contribution is -2.04. The standard InChI is InChI=1S/C8H5NO6.CH4/c10-7(11)4-1-5(8(12)13)3-6(2-4)9(14)15;/h1-3H,(H,10,11)(H,12,13);1H4. The first-order chi connectivity index (χ1) is 6.91. The van der Waals surface area contributed by atoms with Crippen molar-refractivity contribution in [2.45, 2.75) is 7.43 Å². The molecule has 0 amide bonds. The summed E-state index contributed by atoms with van der Waals surface area (Å²) in [6.45, 7) is 0. The summed E-state index contributed by atoms with van der Waals surface area (Å²) in [6.07, 6.45) is 0. The van der Waals surface area contributed by atoms with Crippen LogP contribution in [0.2, 0.25) is 0 Å². The van der Waals surface area contributed by atoms with Gasteiger partial charge in [-0.05, 0) is 6.07 Å². The van der Waals surface area contributed by atoms with Crippen molar-refractivity contribution in [1.82, 2.24) is 0 Å². The lowest BCUT2D eigenvalue weighted by Gasteiger charge is -1.98. The van der Waals surface area contributed by atoms with Gasteiger partial charge in [0.15, 0.2) is 0 Å². The maximum absolute atomic E-state index is 10.5. The lowest BCUT2D eigenvalue weighted by molar-refractivity contribution is -0.384. The molecule has 16 heavy (non-hydrogen) atoms. The maximum atomic E-state index is 10.5. The number of aromatic carboxylic acids is 2. The van der Waals surface area contributed by atoms with Gasteiger partial charge < -0.3 is 10.2 Å². The van der Waals surface area contributed by atoms with Gasteiger partial charge in [-0.15, -0.1) is 0 Å². The zero-order valence-corrected chi connectivity index (χ0v) is 7.21. The second-order valence-corrected chi connectivity index (χ2v) is 2.64. The summed E-state index contributed by atoms with van der Waals surface area (Å²) in [5.41, 5.74) is -1.42. The average molecular weight is 227 g/mol. The van der Waals surface area contributed by atoms with Crippen molar-refractivity contribution in [2.75, 3.05) is 0 Å². The van der Waals surface area contributed by atoms with Gasteiger partial charge in [0.1, 0.15) is 0 Å². The third-order valence-corrected chi connectivity index (χ3v) is 1.62. The summed E-state index contributed by atoms with van der Waals surface area (Å²) < 4.78 is 0.